The largest absolute Gasteiger partial charge is 0.490 e. The minimum atomic E-state index is -3.82. The Hall–Kier alpha value is -3.96. The summed E-state index contributed by atoms with van der Waals surface area (Å²) in [4.78, 5) is 23.7. The number of carbonyl (C=O) groups excluding carboxylic acids is 1. The molecule has 35 heavy (non-hydrogen) atoms. The first-order chi connectivity index (χ1) is 16.7. The Morgan fingerprint density at radius 1 is 1.00 bits per heavy atom. The maximum Gasteiger partial charge on any atom is 0.311 e. The van der Waals surface area contributed by atoms with Crippen LogP contribution in [0.5, 0.6) is 17.2 Å². The first-order valence-corrected chi connectivity index (χ1v) is 12.2. The fraction of sp³-hybridized carbons (Fsp3) is 0.208. The molecule has 0 saturated heterocycles. The molecule has 0 fully saturated rings. The van der Waals surface area contributed by atoms with Crippen molar-refractivity contribution in [2.45, 2.75) is 18.7 Å². The fourth-order valence-electron chi connectivity index (χ4n) is 3.35. The van der Waals surface area contributed by atoms with E-state index in [-0.39, 0.29) is 46.4 Å². The molecule has 0 spiro atoms. The third-order valence-corrected chi connectivity index (χ3v) is 7.20. The van der Waals surface area contributed by atoms with Crippen LogP contribution in [0.25, 0.3) is 0 Å². The molecule has 0 bridgehead atoms. The van der Waals surface area contributed by atoms with Gasteiger partial charge in [0.25, 0.3) is 5.91 Å². The highest BCUT2D eigenvalue weighted by Gasteiger charge is 2.24. The highest BCUT2D eigenvalue weighted by atomic mass is 32.2. The van der Waals surface area contributed by atoms with E-state index in [1.165, 1.54) is 41.7 Å². The predicted octanol–water partition coefficient (Wildman–Crippen LogP) is 4.68. The number of amides is 1. The van der Waals surface area contributed by atoms with Crippen LogP contribution in [0, 0.1) is 10.1 Å². The van der Waals surface area contributed by atoms with E-state index in [4.69, 9.17) is 9.47 Å². The van der Waals surface area contributed by atoms with Crippen LogP contribution in [0.2, 0.25) is 0 Å². The Morgan fingerprint density at radius 2 is 1.66 bits per heavy atom. The van der Waals surface area contributed by atoms with Crippen LogP contribution in [0.4, 0.5) is 11.4 Å². The van der Waals surface area contributed by atoms with Gasteiger partial charge in [-0.3, -0.25) is 14.9 Å². The molecule has 184 valence electrons. The summed E-state index contributed by atoms with van der Waals surface area (Å²) in [5.41, 5.74) is -0.301. The van der Waals surface area contributed by atoms with Crippen LogP contribution in [0.1, 0.15) is 24.2 Å². The molecule has 0 aliphatic heterocycles. The molecule has 0 radical (unpaired) electrons. The van der Waals surface area contributed by atoms with Crippen molar-refractivity contribution in [3.8, 4) is 17.2 Å². The Morgan fingerprint density at radius 3 is 2.26 bits per heavy atom. The molecule has 11 heteroatoms. The van der Waals surface area contributed by atoms with Crippen LogP contribution in [-0.2, 0) is 10.0 Å². The SMILES string of the molecule is CCN(CC)S(=O)(=O)c1ccc(Oc2ccccc2)c(NC(=O)c2ccc(OC)c([N+](=O)[O-])c2)c1. The minimum absolute atomic E-state index is 0.00645. The average molecular weight is 500 g/mol. The summed E-state index contributed by atoms with van der Waals surface area (Å²) < 4.78 is 38.2. The Kier molecular flexibility index (Phi) is 8.05. The van der Waals surface area contributed by atoms with Gasteiger partial charge in [0.15, 0.2) is 11.5 Å². The van der Waals surface area contributed by atoms with E-state index in [0.717, 1.165) is 6.07 Å². The lowest BCUT2D eigenvalue weighted by atomic mass is 10.1. The molecule has 0 atom stereocenters. The molecule has 0 aromatic heterocycles. The summed E-state index contributed by atoms with van der Waals surface area (Å²) >= 11 is 0. The number of carbonyl (C=O) groups is 1. The topological polar surface area (TPSA) is 128 Å². The zero-order valence-corrected chi connectivity index (χ0v) is 20.2. The number of nitro benzene ring substituents is 1. The van der Waals surface area contributed by atoms with E-state index < -0.39 is 20.9 Å². The lowest BCUT2D eigenvalue weighted by Gasteiger charge is -2.20. The van der Waals surface area contributed by atoms with Crippen molar-refractivity contribution in [1.29, 1.82) is 0 Å². The van der Waals surface area contributed by atoms with Crippen molar-refractivity contribution >= 4 is 27.3 Å². The minimum Gasteiger partial charge on any atom is -0.490 e. The number of nitro groups is 1. The van der Waals surface area contributed by atoms with E-state index in [9.17, 15) is 23.3 Å². The monoisotopic (exact) mass is 499 g/mol. The number of ether oxygens (including phenoxy) is 2. The molecule has 1 N–H and O–H groups in total. The number of nitrogens with zero attached hydrogens (tertiary/aromatic N) is 2. The number of rotatable bonds is 10. The molecule has 0 aliphatic rings. The zero-order valence-electron chi connectivity index (χ0n) is 19.4. The second-order valence-electron chi connectivity index (χ2n) is 7.26. The van der Waals surface area contributed by atoms with Crippen LogP contribution >= 0.6 is 0 Å². The molecule has 0 heterocycles. The van der Waals surface area contributed by atoms with Crippen LogP contribution in [-0.4, -0.2) is 43.8 Å². The Bertz CT molecular complexity index is 1320. The predicted molar refractivity (Wildman–Crippen MR) is 131 cm³/mol. The fourth-order valence-corrected chi connectivity index (χ4v) is 4.84. The van der Waals surface area contributed by atoms with Gasteiger partial charge in [0.05, 0.1) is 22.6 Å². The highest BCUT2D eigenvalue weighted by molar-refractivity contribution is 7.89. The maximum atomic E-state index is 13.0. The number of hydrogen-bond acceptors (Lipinski definition) is 7. The molecule has 3 aromatic carbocycles. The lowest BCUT2D eigenvalue weighted by Crippen LogP contribution is -2.30. The summed E-state index contributed by atoms with van der Waals surface area (Å²) in [7, 11) is -2.53. The van der Waals surface area contributed by atoms with Gasteiger partial charge < -0.3 is 14.8 Å². The normalized spacial score (nSPS) is 11.2. The van der Waals surface area contributed by atoms with Crippen molar-refractivity contribution in [3.05, 3.63) is 82.4 Å². The number of hydrogen-bond donors (Lipinski definition) is 1. The third-order valence-electron chi connectivity index (χ3n) is 5.15. The van der Waals surface area contributed by atoms with Crippen molar-refractivity contribution < 1.29 is 27.6 Å². The van der Waals surface area contributed by atoms with Gasteiger partial charge in [-0.1, -0.05) is 32.0 Å². The first-order valence-electron chi connectivity index (χ1n) is 10.7. The highest BCUT2D eigenvalue weighted by Crippen LogP contribution is 2.34. The van der Waals surface area contributed by atoms with Gasteiger partial charge in [-0.25, -0.2) is 8.42 Å². The summed E-state index contributed by atoms with van der Waals surface area (Å²) in [5.74, 6) is -0.00786. The van der Waals surface area contributed by atoms with Crippen LogP contribution in [0.3, 0.4) is 0 Å². The van der Waals surface area contributed by atoms with E-state index >= 15 is 0 Å². The molecule has 3 rings (SSSR count). The van der Waals surface area contributed by atoms with Gasteiger partial charge in [0, 0.05) is 24.7 Å². The van der Waals surface area contributed by atoms with Gasteiger partial charge in [-0.05, 0) is 42.5 Å². The average Bonchev–Trinajstić information content (AvgIpc) is 2.85. The number of sulfonamides is 1. The van der Waals surface area contributed by atoms with Crippen molar-refractivity contribution in [3.63, 3.8) is 0 Å². The van der Waals surface area contributed by atoms with E-state index in [2.05, 4.69) is 5.32 Å². The first kappa shape index (κ1) is 25.7. The number of para-hydroxylation sites is 1. The third kappa shape index (κ3) is 5.76. The number of nitrogens with one attached hydrogen (secondary N) is 1. The van der Waals surface area contributed by atoms with E-state index in [0.29, 0.717) is 5.75 Å². The Labute approximate surface area is 203 Å². The second kappa shape index (κ2) is 11.0. The van der Waals surface area contributed by atoms with Gasteiger partial charge in [0.2, 0.25) is 10.0 Å². The molecule has 10 nitrogen and oxygen atoms in total. The molecule has 3 aromatic rings. The van der Waals surface area contributed by atoms with E-state index in [1.807, 2.05) is 6.07 Å². The smallest absolute Gasteiger partial charge is 0.311 e. The van der Waals surface area contributed by atoms with Crippen LogP contribution in [0.15, 0.2) is 71.6 Å². The molecule has 0 aliphatic carbocycles. The molecular formula is C24H25N3O7S. The number of methoxy groups -OCH3 is 1. The molecule has 0 unspecified atom stereocenters. The summed E-state index contributed by atoms with van der Waals surface area (Å²) in [5, 5.41) is 14.0. The van der Waals surface area contributed by atoms with Crippen molar-refractivity contribution in [2.24, 2.45) is 0 Å². The van der Waals surface area contributed by atoms with Gasteiger partial charge in [0.1, 0.15) is 5.75 Å². The number of benzene rings is 3. The maximum absolute atomic E-state index is 13.0. The molecule has 0 saturated carbocycles. The van der Waals surface area contributed by atoms with Crippen molar-refractivity contribution in [1.82, 2.24) is 4.31 Å². The summed E-state index contributed by atoms with van der Waals surface area (Å²) in [6, 6.07) is 16.7. The van der Waals surface area contributed by atoms with E-state index in [1.54, 1.807) is 38.1 Å². The quantitative estimate of drug-likeness (QED) is 0.317. The van der Waals surface area contributed by atoms with Gasteiger partial charge >= 0.3 is 5.69 Å². The second-order valence-corrected chi connectivity index (χ2v) is 9.20. The molecular weight excluding hydrogens is 474 g/mol. The zero-order chi connectivity index (χ0) is 25.6. The van der Waals surface area contributed by atoms with Gasteiger partial charge in [-0.15, -0.1) is 0 Å². The molecule has 1 amide bonds. The van der Waals surface area contributed by atoms with Crippen LogP contribution < -0.4 is 14.8 Å². The Balaban J connectivity index is 2.04. The summed E-state index contributed by atoms with van der Waals surface area (Å²) in [6.07, 6.45) is 0. The summed E-state index contributed by atoms with van der Waals surface area (Å²) in [6.45, 7) is 4.01. The van der Waals surface area contributed by atoms with Gasteiger partial charge in [-0.2, -0.15) is 4.31 Å². The lowest BCUT2D eigenvalue weighted by molar-refractivity contribution is -0.385. The number of anilines is 1. The van der Waals surface area contributed by atoms with Crippen molar-refractivity contribution in [2.75, 3.05) is 25.5 Å². The standard InChI is InChI=1S/C24H25N3O7S/c1-4-26(5-2)35(31,32)19-12-14-22(34-18-9-7-6-8-10-18)20(16-19)25-24(28)17-11-13-23(33-3)21(15-17)27(29)30/h6-16H,4-5H2,1-3H3,(H,25,28).